The molecular weight excluding hydrogens is 572 g/mol. The van der Waals surface area contributed by atoms with E-state index in [0.717, 1.165) is 23.2 Å². The number of rotatable bonds is 6. The Kier molecular flexibility index (Phi) is 6.87. The van der Waals surface area contributed by atoms with E-state index in [4.69, 9.17) is 4.18 Å². The fraction of sp³-hybridized carbons (Fsp3) is 0.156. The zero-order valence-electron chi connectivity index (χ0n) is 21.3. The lowest BCUT2D eigenvalue weighted by Gasteiger charge is -2.37. The topological polar surface area (TPSA) is 67.8 Å². The fourth-order valence-electron chi connectivity index (χ4n) is 5.33. The minimum Gasteiger partial charge on any atom is -0.378 e. The Hall–Kier alpha value is -3.68. The lowest BCUT2D eigenvalue weighted by molar-refractivity contribution is 0.425. The van der Waals surface area contributed by atoms with Crippen molar-refractivity contribution in [1.29, 1.82) is 0 Å². The molecule has 0 spiro atoms. The van der Waals surface area contributed by atoms with Gasteiger partial charge in [0.25, 0.3) is 0 Å². The summed E-state index contributed by atoms with van der Waals surface area (Å²) in [5.74, 6) is 1.17. The van der Waals surface area contributed by atoms with Crippen LogP contribution in [0.3, 0.4) is 0 Å². The molecule has 1 N–H and O–H groups in total. The van der Waals surface area contributed by atoms with Gasteiger partial charge >= 0.3 is 10.1 Å². The first kappa shape index (κ1) is 25.6. The van der Waals surface area contributed by atoms with Crippen LogP contribution in [0.5, 0.6) is 5.75 Å². The normalized spacial score (nSPS) is 19.9. The van der Waals surface area contributed by atoms with Gasteiger partial charge in [-0.05, 0) is 100 Å². The molecule has 5 nitrogen and oxygen atoms in total. The van der Waals surface area contributed by atoms with Crippen LogP contribution in [-0.4, -0.2) is 14.6 Å². The van der Waals surface area contributed by atoms with Crippen molar-refractivity contribution < 1.29 is 12.6 Å². The van der Waals surface area contributed by atoms with E-state index in [2.05, 4.69) is 74.8 Å². The summed E-state index contributed by atoms with van der Waals surface area (Å²) in [5.41, 5.74) is 6.47. The van der Waals surface area contributed by atoms with Crippen LogP contribution in [0.25, 0.3) is 0 Å². The maximum atomic E-state index is 12.6. The Morgan fingerprint density at radius 2 is 1.74 bits per heavy atom. The molecule has 0 unspecified atom stereocenters. The molecule has 2 aliphatic rings. The summed E-state index contributed by atoms with van der Waals surface area (Å²) in [5, 5.41) is 3.76. The smallest absolute Gasteiger partial charge is 0.339 e. The van der Waals surface area contributed by atoms with Gasteiger partial charge in [0.15, 0.2) is 5.75 Å². The number of hydrogen-bond acceptors (Lipinski definition) is 5. The second kappa shape index (κ2) is 10.5. The number of aliphatic imine (C=N–C) groups is 1. The Balaban J connectivity index is 1.15. The maximum absolute atomic E-state index is 12.6. The van der Waals surface area contributed by atoms with E-state index in [1.807, 2.05) is 19.1 Å². The van der Waals surface area contributed by atoms with Gasteiger partial charge in [-0.3, -0.25) is 4.99 Å². The predicted molar refractivity (Wildman–Crippen MR) is 160 cm³/mol. The highest BCUT2D eigenvalue weighted by Gasteiger charge is 2.37. The van der Waals surface area contributed by atoms with Crippen molar-refractivity contribution in [3.8, 4) is 5.75 Å². The van der Waals surface area contributed by atoms with E-state index >= 15 is 0 Å². The van der Waals surface area contributed by atoms with E-state index in [1.165, 1.54) is 28.9 Å². The molecule has 0 aromatic heterocycles. The summed E-state index contributed by atoms with van der Waals surface area (Å²) in [6.07, 6.45) is 7.47. The largest absolute Gasteiger partial charge is 0.378 e. The summed E-state index contributed by atoms with van der Waals surface area (Å²) < 4.78 is 31.2. The van der Waals surface area contributed by atoms with E-state index in [9.17, 15) is 8.42 Å². The van der Waals surface area contributed by atoms with Crippen molar-refractivity contribution in [2.24, 2.45) is 10.9 Å². The highest BCUT2D eigenvalue weighted by Crippen LogP contribution is 2.49. The van der Waals surface area contributed by atoms with Gasteiger partial charge < -0.3 is 9.50 Å². The summed E-state index contributed by atoms with van der Waals surface area (Å²) in [4.78, 5) is 4.74. The quantitative estimate of drug-likeness (QED) is 0.138. The van der Waals surface area contributed by atoms with E-state index in [0.29, 0.717) is 16.3 Å². The van der Waals surface area contributed by atoms with Crippen LogP contribution in [0.4, 0.5) is 11.4 Å². The number of anilines is 1. The molecule has 4 aromatic rings. The monoisotopic (exact) mass is 598 g/mol. The summed E-state index contributed by atoms with van der Waals surface area (Å²) in [6.45, 7) is 1.90. The van der Waals surface area contributed by atoms with Crippen molar-refractivity contribution >= 4 is 43.6 Å². The lowest BCUT2D eigenvalue weighted by Crippen LogP contribution is -2.28. The molecule has 0 fully saturated rings. The Morgan fingerprint density at radius 1 is 0.974 bits per heavy atom. The first-order valence-corrected chi connectivity index (χ1v) is 15.0. The molecule has 1 aliphatic carbocycles. The van der Waals surface area contributed by atoms with Crippen LogP contribution >= 0.6 is 15.9 Å². The number of allylic oxidation sites excluding steroid dienone is 2. The average Bonchev–Trinajstić information content (AvgIpc) is 3.44. The van der Waals surface area contributed by atoms with E-state index < -0.39 is 10.1 Å². The van der Waals surface area contributed by atoms with Gasteiger partial charge in [0.2, 0.25) is 0 Å². The lowest BCUT2D eigenvalue weighted by atomic mass is 9.77. The van der Waals surface area contributed by atoms with Gasteiger partial charge in [0, 0.05) is 17.8 Å². The minimum atomic E-state index is -3.93. The third kappa shape index (κ3) is 5.29. The average molecular weight is 600 g/mol. The number of benzene rings is 4. The molecule has 6 rings (SSSR count). The highest BCUT2D eigenvalue weighted by molar-refractivity contribution is 9.10. The van der Waals surface area contributed by atoms with Gasteiger partial charge in [-0.1, -0.05) is 60.2 Å². The second-order valence-electron chi connectivity index (χ2n) is 9.95. The van der Waals surface area contributed by atoms with Crippen LogP contribution in [-0.2, 0) is 10.1 Å². The molecule has 0 saturated carbocycles. The van der Waals surface area contributed by atoms with Crippen molar-refractivity contribution in [1.82, 2.24) is 0 Å². The number of nitrogens with one attached hydrogen (secondary N) is 1. The van der Waals surface area contributed by atoms with Crippen LogP contribution in [0.15, 0.2) is 118 Å². The third-order valence-corrected chi connectivity index (χ3v) is 9.22. The molecule has 4 aromatic carbocycles. The van der Waals surface area contributed by atoms with E-state index in [1.54, 1.807) is 36.5 Å². The van der Waals surface area contributed by atoms with Crippen molar-refractivity contribution in [3.63, 3.8) is 0 Å². The number of halogens is 1. The second-order valence-corrected chi connectivity index (χ2v) is 12.4. The summed E-state index contributed by atoms with van der Waals surface area (Å²) in [6, 6.07) is 28.9. The van der Waals surface area contributed by atoms with Crippen LogP contribution in [0.1, 0.15) is 40.6 Å². The fourth-order valence-corrected chi connectivity index (χ4v) is 6.86. The van der Waals surface area contributed by atoms with E-state index in [-0.39, 0.29) is 16.7 Å². The maximum Gasteiger partial charge on any atom is 0.339 e. The third-order valence-electron chi connectivity index (χ3n) is 7.35. The molecule has 1 aliphatic heterocycles. The summed E-state index contributed by atoms with van der Waals surface area (Å²) in [7, 11) is -3.93. The Morgan fingerprint density at radius 3 is 2.51 bits per heavy atom. The number of hydrogen-bond donors (Lipinski definition) is 1. The molecular formula is C32H27BrN2O3S. The molecule has 196 valence electrons. The molecule has 39 heavy (non-hydrogen) atoms. The SMILES string of the molecule is Cc1ccc(S(=O)(=O)Oc2ccc(C=Nc3ccc([C@@H]4Nc5ccccc5[C@H]5C=CC[C@H]54)cc3)cc2Br)cc1. The summed E-state index contributed by atoms with van der Waals surface area (Å²) >= 11 is 3.43. The predicted octanol–water partition coefficient (Wildman–Crippen LogP) is 8.10. The Bertz CT molecular complexity index is 1680. The molecule has 0 saturated heterocycles. The zero-order valence-corrected chi connectivity index (χ0v) is 23.7. The molecule has 0 bridgehead atoms. The molecule has 0 radical (unpaired) electrons. The number of para-hydroxylation sites is 1. The van der Waals surface area contributed by atoms with Gasteiger partial charge in [0.05, 0.1) is 16.2 Å². The van der Waals surface area contributed by atoms with Gasteiger partial charge in [0.1, 0.15) is 4.90 Å². The molecule has 7 heteroatoms. The van der Waals surface area contributed by atoms with Crippen molar-refractivity contribution in [3.05, 3.63) is 130 Å². The number of fused-ring (bicyclic) bond motifs is 3. The first-order valence-electron chi connectivity index (χ1n) is 12.8. The zero-order chi connectivity index (χ0) is 27.0. The minimum absolute atomic E-state index is 0.112. The van der Waals surface area contributed by atoms with Crippen LogP contribution in [0, 0.1) is 12.8 Å². The Labute approximate surface area is 237 Å². The van der Waals surface area contributed by atoms with Crippen LogP contribution < -0.4 is 9.50 Å². The van der Waals surface area contributed by atoms with Gasteiger partial charge in [-0.25, -0.2) is 0 Å². The number of nitrogens with zero attached hydrogens (tertiary/aromatic N) is 1. The van der Waals surface area contributed by atoms with Gasteiger partial charge in [-0.2, -0.15) is 8.42 Å². The van der Waals surface area contributed by atoms with Crippen molar-refractivity contribution in [2.45, 2.75) is 30.2 Å². The molecule has 3 atom stereocenters. The van der Waals surface area contributed by atoms with Crippen molar-refractivity contribution in [2.75, 3.05) is 5.32 Å². The molecule has 1 heterocycles. The van der Waals surface area contributed by atoms with Gasteiger partial charge in [-0.15, -0.1) is 0 Å². The molecule has 0 amide bonds. The number of aryl methyl sites for hydroxylation is 1. The first-order chi connectivity index (χ1) is 18.9. The highest BCUT2D eigenvalue weighted by atomic mass is 79.9. The standard InChI is InChI=1S/C32H27BrN2O3S/c1-21-9-16-25(17-10-21)39(36,37)38-31-18-11-22(19-29(31)33)20-34-24-14-12-23(13-15-24)32-28-7-4-6-26(28)27-5-2-3-8-30(27)35-32/h2-6,8-20,26,28,32,35H,7H2,1H3/t26-,28-,32+/m1/s1. The van der Waals surface area contributed by atoms with Crippen LogP contribution in [0.2, 0.25) is 0 Å².